The molecule has 0 spiro atoms. The molecule has 0 fully saturated rings. The number of benzene rings is 1. The summed E-state index contributed by atoms with van der Waals surface area (Å²) in [5.41, 5.74) is 0.613. The van der Waals surface area contributed by atoms with Crippen molar-refractivity contribution >= 4 is 5.97 Å². The van der Waals surface area contributed by atoms with Gasteiger partial charge in [0.15, 0.2) is 0 Å². The molecule has 0 unspecified atom stereocenters. The standard InChI is InChI=1S/C11H11FO2/c12-10-7-3-1-5-9(10)6-2-4-8-11(13)14/h1,3-5,7-8H,2,6H2,(H,13,14)/b8-4+. The summed E-state index contributed by atoms with van der Waals surface area (Å²) < 4.78 is 13.0. The van der Waals surface area contributed by atoms with Crippen LogP contribution in [0.25, 0.3) is 0 Å². The van der Waals surface area contributed by atoms with E-state index in [1.165, 1.54) is 12.1 Å². The van der Waals surface area contributed by atoms with Gasteiger partial charge in [-0.2, -0.15) is 0 Å². The van der Waals surface area contributed by atoms with E-state index in [2.05, 4.69) is 0 Å². The minimum Gasteiger partial charge on any atom is -0.478 e. The van der Waals surface area contributed by atoms with Crippen LogP contribution in [0.2, 0.25) is 0 Å². The van der Waals surface area contributed by atoms with Crippen LogP contribution in [0, 0.1) is 5.82 Å². The van der Waals surface area contributed by atoms with E-state index in [4.69, 9.17) is 5.11 Å². The van der Waals surface area contributed by atoms with Crippen molar-refractivity contribution in [1.82, 2.24) is 0 Å². The van der Waals surface area contributed by atoms with Crippen molar-refractivity contribution in [3.05, 3.63) is 47.8 Å². The average molecular weight is 194 g/mol. The van der Waals surface area contributed by atoms with Gasteiger partial charge in [0, 0.05) is 6.08 Å². The van der Waals surface area contributed by atoms with Gasteiger partial charge in [-0.15, -0.1) is 0 Å². The fraction of sp³-hybridized carbons (Fsp3) is 0.182. The number of aliphatic carboxylic acids is 1. The summed E-state index contributed by atoms with van der Waals surface area (Å²) in [5, 5.41) is 8.30. The molecule has 0 heterocycles. The van der Waals surface area contributed by atoms with E-state index in [1.54, 1.807) is 18.2 Å². The molecule has 0 atom stereocenters. The molecule has 0 saturated carbocycles. The number of carbonyl (C=O) groups is 1. The second-order valence-electron chi connectivity index (χ2n) is 2.87. The third-order valence-corrected chi connectivity index (χ3v) is 1.80. The van der Waals surface area contributed by atoms with Crippen LogP contribution in [-0.4, -0.2) is 11.1 Å². The van der Waals surface area contributed by atoms with Crippen LogP contribution in [-0.2, 0) is 11.2 Å². The molecule has 74 valence electrons. The Morgan fingerprint density at radius 1 is 1.43 bits per heavy atom. The first kappa shape index (κ1) is 10.4. The number of hydrogen-bond donors (Lipinski definition) is 1. The van der Waals surface area contributed by atoms with Crippen molar-refractivity contribution in [1.29, 1.82) is 0 Å². The van der Waals surface area contributed by atoms with Gasteiger partial charge in [0.05, 0.1) is 0 Å². The van der Waals surface area contributed by atoms with Gasteiger partial charge in [-0.05, 0) is 24.5 Å². The Morgan fingerprint density at radius 2 is 2.14 bits per heavy atom. The number of halogens is 1. The van der Waals surface area contributed by atoms with Crippen LogP contribution in [0.4, 0.5) is 4.39 Å². The monoisotopic (exact) mass is 194 g/mol. The largest absolute Gasteiger partial charge is 0.478 e. The normalized spacial score (nSPS) is 10.6. The smallest absolute Gasteiger partial charge is 0.327 e. The Morgan fingerprint density at radius 3 is 2.79 bits per heavy atom. The van der Waals surface area contributed by atoms with Gasteiger partial charge in [0.1, 0.15) is 5.82 Å². The Kier molecular flexibility index (Phi) is 3.85. The number of rotatable bonds is 4. The zero-order valence-corrected chi connectivity index (χ0v) is 7.61. The maximum absolute atomic E-state index is 13.0. The van der Waals surface area contributed by atoms with Crippen molar-refractivity contribution in [2.75, 3.05) is 0 Å². The van der Waals surface area contributed by atoms with Crippen molar-refractivity contribution in [2.24, 2.45) is 0 Å². The molecule has 1 N–H and O–H groups in total. The Balaban J connectivity index is 2.46. The van der Waals surface area contributed by atoms with Gasteiger partial charge in [0.25, 0.3) is 0 Å². The predicted molar refractivity (Wildman–Crippen MR) is 51.5 cm³/mol. The maximum Gasteiger partial charge on any atom is 0.327 e. The molecule has 1 aromatic rings. The molecule has 2 nitrogen and oxygen atoms in total. The van der Waals surface area contributed by atoms with Crippen molar-refractivity contribution < 1.29 is 14.3 Å². The third-order valence-electron chi connectivity index (χ3n) is 1.80. The van der Waals surface area contributed by atoms with Crippen LogP contribution >= 0.6 is 0 Å². The topological polar surface area (TPSA) is 37.3 Å². The molecule has 1 aromatic carbocycles. The summed E-state index contributed by atoms with van der Waals surface area (Å²) in [7, 11) is 0. The van der Waals surface area contributed by atoms with Crippen LogP contribution in [0.3, 0.4) is 0 Å². The zero-order valence-electron chi connectivity index (χ0n) is 7.61. The fourth-order valence-electron chi connectivity index (χ4n) is 1.12. The average Bonchev–Trinajstić information content (AvgIpc) is 2.15. The number of allylic oxidation sites excluding steroid dienone is 1. The van der Waals surface area contributed by atoms with Gasteiger partial charge in [-0.3, -0.25) is 0 Å². The van der Waals surface area contributed by atoms with E-state index in [9.17, 15) is 9.18 Å². The van der Waals surface area contributed by atoms with Gasteiger partial charge in [0.2, 0.25) is 0 Å². The molecule has 0 bridgehead atoms. The molecule has 0 radical (unpaired) electrons. The Bertz CT molecular complexity index is 345. The second-order valence-corrected chi connectivity index (χ2v) is 2.87. The lowest BCUT2D eigenvalue weighted by molar-refractivity contribution is -0.131. The first-order valence-electron chi connectivity index (χ1n) is 4.33. The second kappa shape index (κ2) is 5.17. The van der Waals surface area contributed by atoms with Gasteiger partial charge >= 0.3 is 5.97 Å². The zero-order chi connectivity index (χ0) is 10.4. The number of hydrogen-bond acceptors (Lipinski definition) is 1. The Hall–Kier alpha value is -1.64. The highest BCUT2D eigenvalue weighted by atomic mass is 19.1. The molecule has 0 aliphatic rings. The summed E-state index contributed by atoms with van der Waals surface area (Å²) in [4.78, 5) is 10.1. The maximum atomic E-state index is 13.0. The number of carboxylic acids is 1. The first-order chi connectivity index (χ1) is 6.70. The summed E-state index contributed by atoms with van der Waals surface area (Å²) in [6.07, 6.45) is 3.65. The predicted octanol–water partition coefficient (Wildman–Crippen LogP) is 2.40. The van der Waals surface area contributed by atoms with Gasteiger partial charge < -0.3 is 5.11 Å². The quantitative estimate of drug-likeness (QED) is 0.747. The Labute approximate surface area is 81.7 Å². The van der Waals surface area contributed by atoms with Crippen molar-refractivity contribution in [2.45, 2.75) is 12.8 Å². The highest BCUT2D eigenvalue weighted by molar-refractivity contribution is 5.79. The molecule has 0 aromatic heterocycles. The van der Waals surface area contributed by atoms with E-state index in [-0.39, 0.29) is 5.82 Å². The SMILES string of the molecule is O=C(O)/C=C/CCc1ccccc1F. The molecule has 1 rings (SSSR count). The lowest BCUT2D eigenvalue weighted by atomic mass is 10.1. The molecule has 14 heavy (non-hydrogen) atoms. The lowest BCUT2D eigenvalue weighted by Gasteiger charge is -1.98. The van der Waals surface area contributed by atoms with Gasteiger partial charge in [-0.25, -0.2) is 9.18 Å². The molecule has 0 saturated heterocycles. The number of carboxylic acid groups (broad SMARTS) is 1. The molecule has 0 aliphatic carbocycles. The van der Waals surface area contributed by atoms with E-state index < -0.39 is 5.97 Å². The third kappa shape index (κ3) is 3.39. The van der Waals surface area contributed by atoms with Crippen LogP contribution in [0.15, 0.2) is 36.4 Å². The first-order valence-corrected chi connectivity index (χ1v) is 4.33. The lowest BCUT2D eigenvalue weighted by Crippen LogP contribution is -1.90. The van der Waals surface area contributed by atoms with E-state index in [1.807, 2.05) is 0 Å². The van der Waals surface area contributed by atoms with Crippen LogP contribution in [0.5, 0.6) is 0 Å². The fourth-order valence-corrected chi connectivity index (χ4v) is 1.12. The van der Waals surface area contributed by atoms with Gasteiger partial charge in [-0.1, -0.05) is 24.3 Å². The summed E-state index contributed by atoms with van der Waals surface area (Å²) in [5.74, 6) is -1.21. The molecule has 0 aliphatic heterocycles. The van der Waals surface area contributed by atoms with Crippen molar-refractivity contribution in [3.8, 4) is 0 Å². The summed E-state index contributed by atoms with van der Waals surface area (Å²) >= 11 is 0. The van der Waals surface area contributed by atoms with E-state index in [0.29, 0.717) is 18.4 Å². The van der Waals surface area contributed by atoms with Crippen LogP contribution in [0.1, 0.15) is 12.0 Å². The van der Waals surface area contributed by atoms with Crippen LogP contribution < -0.4 is 0 Å². The molecular formula is C11H11FO2. The summed E-state index contributed by atoms with van der Waals surface area (Å²) in [6.45, 7) is 0. The number of aryl methyl sites for hydroxylation is 1. The van der Waals surface area contributed by atoms with Crippen molar-refractivity contribution in [3.63, 3.8) is 0 Å². The van der Waals surface area contributed by atoms with E-state index in [0.717, 1.165) is 6.08 Å². The molecule has 0 amide bonds. The summed E-state index contributed by atoms with van der Waals surface area (Å²) in [6, 6.07) is 6.49. The minimum absolute atomic E-state index is 0.240. The highest BCUT2D eigenvalue weighted by Gasteiger charge is 1.98. The molecular weight excluding hydrogens is 183 g/mol. The highest BCUT2D eigenvalue weighted by Crippen LogP contribution is 2.08. The molecule has 3 heteroatoms. The minimum atomic E-state index is -0.974. The van der Waals surface area contributed by atoms with E-state index >= 15 is 0 Å².